The molecule has 0 aromatic heterocycles. The number of nitrogens with one attached hydrogen (secondary N) is 1. The fourth-order valence-corrected chi connectivity index (χ4v) is 13.7. The average molecular weight is 1420 g/mol. The Morgan fingerprint density at radius 2 is 1.24 bits per heavy atom. The lowest BCUT2D eigenvalue weighted by atomic mass is 9.73. The van der Waals surface area contributed by atoms with E-state index in [1.54, 1.807) is 50.5 Å². The van der Waals surface area contributed by atoms with Crippen LogP contribution in [0.3, 0.4) is 0 Å². The number of rotatable bonds is 45. The van der Waals surface area contributed by atoms with Gasteiger partial charge in [0.1, 0.15) is 0 Å². The summed E-state index contributed by atoms with van der Waals surface area (Å²) in [6.45, 7) is 8.02. The molecule has 522 valence electrons. The van der Waals surface area contributed by atoms with E-state index in [1.165, 1.54) is 31.4 Å². The van der Waals surface area contributed by atoms with E-state index < -0.39 is 85.6 Å². The SMILES string of the molecule is COCCNc1ccc2c(S(=O)O)cc(S(=O)(=O)O)cc2c1C(C)(C/C=C/C=C/C=C1/N(CCOCCOCCOCCOCCC(=O)ON2C(=O)CCC2=O)c2ccc3c(SO)cc(S(=O)(=O)O)cc3c2C1(C)CCOCCOCCOCCOC)CCCS(=O)(=O)O. The number of allylic oxidation sites excluding steroid dienone is 6. The number of hydrogen-bond acceptors (Lipinski definition) is 24. The molecule has 28 nitrogen and oxygen atoms in total. The first-order valence-corrected chi connectivity index (χ1v) is 36.3. The highest BCUT2D eigenvalue weighted by Gasteiger charge is 2.45. The number of imide groups is 1. The van der Waals surface area contributed by atoms with Gasteiger partial charge in [-0.05, 0) is 108 Å². The maximum Gasteiger partial charge on any atom is 0.335 e. The molecule has 2 aliphatic heterocycles. The van der Waals surface area contributed by atoms with Crippen LogP contribution in [0, 0.1) is 0 Å². The summed E-state index contributed by atoms with van der Waals surface area (Å²) in [6.07, 6.45) is 9.19. The Hall–Kier alpha value is -5.38. The summed E-state index contributed by atoms with van der Waals surface area (Å²) in [5.74, 6) is -2.54. The number of carbonyl (C=O) groups is 3. The van der Waals surface area contributed by atoms with Crippen LogP contribution in [0.2, 0.25) is 0 Å². The zero-order chi connectivity index (χ0) is 68.5. The quantitative estimate of drug-likeness (QED) is 0.00652. The summed E-state index contributed by atoms with van der Waals surface area (Å²) in [7, 11) is -11.1. The van der Waals surface area contributed by atoms with Gasteiger partial charge >= 0.3 is 5.97 Å². The van der Waals surface area contributed by atoms with Crippen LogP contribution in [-0.2, 0) is 114 Å². The Balaban J connectivity index is 1.27. The normalized spacial score (nSPS) is 17.0. The van der Waals surface area contributed by atoms with Gasteiger partial charge in [-0.1, -0.05) is 43.4 Å². The molecule has 2 heterocycles. The molecule has 94 heavy (non-hydrogen) atoms. The molecule has 3 atom stereocenters. The summed E-state index contributed by atoms with van der Waals surface area (Å²) in [4.78, 5) is 41.0. The summed E-state index contributed by atoms with van der Waals surface area (Å²) in [6, 6.07) is 11.4. The van der Waals surface area contributed by atoms with Crippen LogP contribution in [0.25, 0.3) is 21.5 Å². The van der Waals surface area contributed by atoms with Gasteiger partial charge in [-0.2, -0.15) is 25.3 Å². The molecule has 4 aromatic carbocycles. The van der Waals surface area contributed by atoms with Gasteiger partial charge in [-0.15, -0.1) is 5.06 Å². The number of anilines is 2. The summed E-state index contributed by atoms with van der Waals surface area (Å²) < 4.78 is 190. The summed E-state index contributed by atoms with van der Waals surface area (Å²) in [5.41, 5.74) is 0.799. The van der Waals surface area contributed by atoms with E-state index >= 15 is 0 Å². The van der Waals surface area contributed by atoms with Gasteiger partial charge in [0.2, 0.25) is 0 Å². The van der Waals surface area contributed by atoms with Crippen molar-refractivity contribution in [1.29, 1.82) is 0 Å². The molecule has 1 saturated heterocycles. The Kier molecular flexibility index (Phi) is 30.9. The first-order chi connectivity index (χ1) is 44.8. The lowest BCUT2D eigenvalue weighted by molar-refractivity contribution is -0.198. The fourth-order valence-electron chi connectivity index (χ4n) is 10.9. The number of hydroxylamine groups is 2. The highest BCUT2D eigenvalue weighted by atomic mass is 32.2. The van der Waals surface area contributed by atoms with E-state index in [0.29, 0.717) is 88.9 Å². The van der Waals surface area contributed by atoms with Crippen LogP contribution in [0.1, 0.15) is 69.9 Å². The number of amides is 2. The van der Waals surface area contributed by atoms with Gasteiger partial charge in [0.05, 0.1) is 126 Å². The highest BCUT2D eigenvalue weighted by molar-refractivity contribution is 7.94. The van der Waals surface area contributed by atoms with E-state index in [4.69, 9.17) is 47.5 Å². The Morgan fingerprint density at radius 1 is 0.691 bits per heavy atom. The van der Waals surface area contributed by atoms with Crippen LogP contribution >= 0.6 is 12.0 Å². The molecule has 6 rings (SSSR count). The number of hydrogen-bond donors (Lipinski definition) is 6. The van der Waals surface area contributed by atoms with E-state index in [2.05, 4.69) is 5.32 Å². The van der Waals surface area contributed by atoms with Crippen LogP contribution < -0.4 is 10.2 Å². The van der Waals surface area contributed by atoms with Gasteiger partial charge in [-0.25, -0.2) is 9.00 Å². The molecule has 0 spiro atoms. The molecule has 0 bridgehead atoms. The molecule has 3 unspecified atom stereocenters. The standard InChI is InChI=1S/C61H83N3O25S5/c1-60(19-9-39-92(71,72)73,58-49-41-45(94(77,78)79)43-53(91(69)70)47(49)11-13-50(58)62-21-25-80-3)18-8-6-5-7-10-54-61(2,20-24-83-30-33-87-36-35-85-28-27-81-4)59-48-40-44(93(74,75)76)42-52(90-68)46(48)12-14-51(59)63(54)22-26-84-31-34-88-38-37-86-32-29-82-23-17-57(67)89-64-55(65)15-16-56(64)66/h5-8,10-14,40-43,62,68H,9,15-39H2,1-4H3,(H,69,70)(H,71,72,73)(H,74,75,76)(H,77,78,79)/b7-5+,8-6+,54-10+. The Morgan fingerprint density at radius 3 is 1.82 bits per heavy atom. The summed E-state index contributed by atoms with van der Waals surface area (Å²) in [5, 5.41) is 5.06. The molecule has 0 radical (unpaired) electrons. The topological polar surface area (TPSA) is 383 Å². The van der Waals surface area contributed by atoms with E-state index in [1.807, 2.05) is 24.0 Å². The second-order valence-electron chi connectivity index (χ2n) is 22.0. The molecule has 1 fully saturated rings. The third-order valence-electron chi connectivity index (χ3n) is 15.4. The lowest BCUT2D eigenvalue weighted by Gasteiger charge is -2.33. The molecule has 2 aliphatic rings. The van der Waals surface area contributed by atoms with Gasteiger partial charge in [-0.3, -0.25) is 23.2 Å². The third-order valence-corrected chi connectivity index (χ3v) is 19.1. The number of methoxy groups -OCH3 is 2. The molecular formula is C61H83N3O25S5. The monoisotopic (exact) mass is 1420 g/mol. The van der Waals surface area contributed by atoms with Crippen molar-refractivity contribution in [3.8, 4) is 0 Å². The number of carbonyl (C=O) groups excluding carboxylic acids is 3. The van der Waals surface area contributed by atoms with Crippen molar-refractivity contribution in [3.05, 3.63) is 95.7 Å². The zero-order valence-corrected chi connectivity index (χ0v) is 56.8. The average Bonchev–Trinajstić information content (AvgIpc) is 1.48. The number of ether oxygens (including phenoxy) is 9. The number of nitrogens with zero attached hydrogens (tertiary/aromatic N) is 2. The largest absolute Gasteiger partial charge is 0.383 e. The van der Waals surface area contributed by atoms with Crippen LogP contribution in [0.4, 0.5) is 11.4 Å². The van der Waals surface area contributed by atoms with Crippen LogP contribution in [-0.4, -0.2) is 214 Å². The molecule has 4 aromatic rings. The second-order valence-corrected chi connectivity index (χ2v) is 28.0. The van der Waals surface area contributed by atoms with Crippen molar-refractivity contribution in [2.45, 2.75) is 89.2 Å². The van der Waals surface area contributed by atoms with Crippen molar-refractivity contribution in [3.63, 3.8) is 0 Å². The van der Waals surface area contributed by atoms with Crippen molar-refractivity contribution >= 4 is 104 Å². The predicted octanol–water partition coefficient (Wildman–Crippen LogP) is 6.93. The van der Waals surface area contributed by atoms with Gasteiger partial charge < -0.3 is 66.8 Å². The van der Waals surface area contributed by atoms with Crippen molar-refractivity contribution in [1.82, 2.24) is 5.06 Å². The van der Waals surface area contributed by atoms with E-state index in [0.717, 1.165) is 6.07 Å². The van der Waals surface area contributed by atoms with Crippen molar-refractivity contribution in [2.24, 2.45) is 0 Å². The van der Waals surface area contributed by atoms with Crippen LogP contribution in [0.15, 0.2) is 104 Å². The lowest BCUT2D eigenvalue weighted by Crippen LogP contribution is -2.32. The van der Waals surface area contributed by atoms with Gasteiger partial charge in [0.25, 0.3) is 42.2 Å². The predicted molar refractivity (Wildman–Crippen MR) is 348 cm³/mol. The first kappa shape index (κ1) is 77.6. The Bertz CT molecular complexity index is 3680. The summed E-state index contributed by atoms with van der Waals surface area (Å²) >= 11 is -2.41. The van der Waals surface area contributed by atoms with E-state index in [-0.39, 0.29) is 151 Å². The zero-order valence-electron chi connectivity index (χ0n) is 52.7. The third kappa shape index (κ3) is 22.6. The molecule has 0 saturated carbocycles. The maximum atomic E-state index is 12.8. The highest BCUT2D eigenvalue weighted by Crippen LogP contribution is 2.54. The smallest absolute Gasteiger partial charge is 0.335 e. The molecule has 2 amide bonds. The second kappa shape index (κ2) is 37.4. The van der Waals surface area contributed by atoms with E-state index in [9.17, 15) is 66.6 Å². The Labute approximate surface area is 554 Å². The van der Waals surface area contributed by atoms with Crippen molar-refractivity contribution in [2.75, 3.05) is 149 Å². The molecule has 0 aliphatic carbocycles. The van der Waals surface area contributed by atoms with Crippen molar-refractivity contribution < 1.29 is 114 Å². The molecule has 33 heteroatoms. The number of fused-ring (bicyclic) bond motifs is 4. The minimum absolute atomic E-state index is 0.0103. The minimum atomic E-state index is -4.94. The minimum Gasteiger partial charge on any atom is -0.383 e. The van der Waals surface area contributed by atoms with Crippen LogP contribution in [0.5, 0.6) is 0 Å². The van der Waals surface area contributed by atoms with Gasteiger partial charge in [0.15, 0.2) is 11.1 Å². The molecule has 6 N–H and O–H groups in total. The first-order valence-electron chi connectivity index (χ1n) is 30.0. The fraction of sp³-hybridized carbons (Fsp3) is 0.525. The van der Waals surface area contributed by atoms with Gasteiger partial charge in [0, 0.05) is 91.6 Å². The molecular weight excluding hydrogens is 1340 g/mol. The number of benzene rings is 4. The maximum absolute atomic E-state index is 12.8.